The maximum atomic E-state index is 13.1. The molecule has 7 heteroatoms. The monoisotopic (exact) mass is 371 g/mol. The highest BCUT2D eigenvalue weighted by Gasteiger charge is 2.33. The number of nitrogens with one attached hydrogen (secondary N) is 1. The van der Waals surface area contributed by atoms with Crippen molar-refractivity contribution in [1.29, 1.82) is 0 Å². The SMILES string of the molecule is CCCCOc1ccc(Cl)cc1C(=O)Nc1ccccc1C(F)(F)F. The second-order valence-corrected chi connectivity index (χ2v) is 5.78. The standard InChI is InChI=1S/C18H17ClF3NO2/c1-2-3-10-25-16-9-8-12(19)11-13(16)17(24)23-15-7-5-4-6-14(15)18(20,21)22/h4-9,11H,2-3,10H2,1H3,(H,23,24). The van der Waals surface area contributed by atoms with Crippen LogP contribution in [0.4, 0.5) is 18.9 Å². The first-order valence-corrected chi connectivity index (χ1v) is 8.10. The van der Waals surface area contributed by atoms with Crippen molar-refractivity contribution in [3.8, 4) is 5.75 Å². The Kier molecular flexibility index (Phi) is 6.31. The van der Waals surface area contributed by atoms with E-state index in [1.807, 2.05) is 6.92 Å². The van der Waals surface area contributed by atoms with Crippen LogP contribution >= 0.6 is 11.6 Å². The van der Waals surface area contributed by atoms with Crippen LogP contribution in [0, 0.1) is 0 Å². The number of anilines is 1. The smallest absolute Gasteiger partial charge is 0.418 e. The molecule has 1 N–H and O–H groups in total. The number of para-hydroxylation sites is 1. The average molecular weight is 372 g/mol. The maximum Gasteiger partial charge on any atom is 0.418 e. The number of halogens is 4. The predicted molar refractivity (Wildman–Crippen MR) is 91.3 cm³/mol. The molecule has 134 valence electrons. The van der Waals surface area contributed by atoms with Crippen molar-refractivity contribution in [3.63, 3.8) is 0 Å². The van der Waals surface area contributed by atoms with E-state index in [-0.39, 0.29) is 22.0 Å². The summed E-state index contributed by atoms with van der Waals surface area (Å²) in [6.07, 6.45) is -2.87. The van der Waals surface area contributed by atoms with E-state index in [9.17, 15) is 18.0 Å². The molecule has 0 fully saturated rings. The van der Waals surface area contributed by atoms with Crippen LogP contribution < -0.4 is 10.1 Å². The third-order valence-electron chi connectivity index (χ3n) is 3.42. The van der Waals surface area contributed by atoms with Gasteiger partial charge in [-0.15, -0.1) is 0 Å². The largest absolute Gasteiger partial charge is 0.493 e. The number of hydrogen-bond acceptors (Lipinski definition) is 2. The summed E-state index contributed by atoms with van der Waals surface area (Å²) >= 11 is 5.91. The van der Waals surface area contributed by atoms with Gasteiger partial charge in [0.05, 0.1) is 23.4 Å². The Labute approximate surface area is 148 Å². The van der Waals surface area contributed by atoms with Crippen molar-refractivity contribution < 1.29 is 22.7 Å². The zero-order chi connectivity index (χ0) is 18.4. The fourth-order valence-corrected chi connectivity index (χ4v) is 2.33. The molecule has 25 heavy (non-hydrogen) atoms. The van der Waals surface area contributed by atoms with E-state index in [2.05, 4.69) is 5.32 Å². The summed E-state index contributed by atoms with van der Waals surface area (Å²) in [4.78, 5) is 12.5. The Morgan fingerprint density at radius 3 is 2.60 bits per heavy atom. The molecule has 0 spiro atoms. The minimum absolute atomic E-state index is 0.0839. The lowest BCUT2D eigenvalue weighted by molar-refractivity contribution is -0.136. The highest BCUT2D eigenvalue weighted by molar-refractivity contribution is 6.31. The fraction of sp³-hybridized carbons (Fsp3) is 0.278. The Hall–Kier alpha value is -2.21. The molecule has 0 aromatic heterocycles. The first-order valence-electron chi connectivity index (χ1n) is 7.73. The van der Waals surface area contributed by atoms with Gasteiger partial charge in [-0.3, -0.25) is 4.79 Å². The van der Waals surface area contributed by atoms with Crippen LogP contribution in [0.25, 0.3) is 0 Å². The van der Waals surface area contributed by atoms with Gasteiger partial charge in [0, 0.05) is 5.02 Å². The van der Waals surface area contributed by atoms with Gasteiger partial charge in [-0.25, -0.2) is 0 Å². The number of benzene rings is 2. The van der Waals surface area contributed by atoms with Gasteiger partial charge in [-0.2, -0.15) is 13.2 Å². The Bertz CT molecular complexity index is 747. The summed E-state index contributed by atoms with van der Waals surface area (Å²) in [6.45, 7) is 2.39. The lowest BCUT2D eigenvalue weighted by Gasteiger charge is -2.15. The number of carbonyl (C=O) groups excluding carboxylic acids is 1. The van der Waals surface area contributed by atoms with Crippen molar-refractivity contribution >= 4 is 23.2 Å². The fourth-order valence-electron chi connectivity index (χ4n) is 2.16. The number of ether oxygens (including phenoxy) is 1. The first-order chi connectivity index (χ1) is 11.8. The van der Waals surface area contributed by atoms with Gasteiger partial charge in [0.15, 0.2) is 0 Å². The Morgan fingerprint density at radius 2 is 1.92 bits per heavy atom. The van der Waals surface area contributed by atoms with Crippen LogP contribution in [0.5, 0.6) is 5.75 Å². The van der Waals surface area contributed by atoms with E-state index in [0.29, 0.717) is 6.61 Å². The number of carbonyl (C=O) groups is 1. The Balaban J connectivity index is 2.28. The van der Waals surface area contributed by atoms with Crippen LogP contribution in [-0.4, -0.2) is 12.5 Å². The minimum Gasteiger partial charge on any atom is -0.493 e. The molecule has 1 amide bonds. The molecule has 0 heterocycles. The molecule has 0 atom stereocenters. The van der Waals surface area contributed by atoms with E-state index in [0.717, 1.165) is 18.9 Å². The van der Waals surface area contributed by atoms with Gasteiger partial charge in [-0.1, -0.05) is 37.1 Å². The van der Waals surface area contributed by atoms with E-state index in [1.165, 1.54) is 30.3 Å². The molecule has 0 aliphatic carbocycles. The summed E-state index contributed by atoms with van der Waals surface area (Å²) < 4.78 is 44.7. The summed E-state index contributed by atoms with van der Waals surface area (Å²) in [5.41, 5.74) is -1.15. The molecule has 0 radical (unpaired) electrons. The molecule has 2 aromatic rings. The van der Waals surface area contributed by atoms with E-state index in [4.69, 9.17) is 16.3 Å². The van der Waals surface area contributed by atoms with Crippen molar-refractivity contribution in [2.75, 3.05) is 11.9 Å². The Morgan fingerprint density at radius 1 is 1.20 bits per heavy atom. The van der Waals surface area contributed by atoms with Gasteiger partial charge in [0.2, 0.25) is 0 Å². The molecule has 0 saturated carbocycles. The molecule has 0 saturated heterocycles. The van der Waals surface area contributed by atoms with Crippen molar-refractivity contribution in [3.05, 3.63) is 58.6 Å². The summed E-state index contributed by atoms with van der Waals surface area (Å²) in [5.74, 6) is -0.439. The third-order valence-corrected chi connectivity index (χ3v) is 3.66. The van der Waals surface area contributed by atoms with E-state index in [1.54, 1.807) is 6.07 Å². The van der Waals surface area contributed by atoms with Gasteiger partial charge in [0.25, 0.3) is 5.91 Å². The van der Waals surface area contributed by atoms with Crippen molar-refractivity contribution in [1.82, 2.24) is 0 Å². The lowest BCUT2D eigenvalue weighted by atomic mass is 10.1. The second-order valence-electron chi connectivity index (χ2n) is 5.34. The highest BCUT2D eigenvalue weighted by Crippen LogP contribution is 2.35. The topological polar surface area (TPSA) is 38.3 Å². The number of unbranched alkanes of at least 4 members (excludes halogenated alkanes) is 1. The van der Waals surface area contributed by atoms with Crippen LogP contribution in [-0.2, 0) is 6.18 Å². The van der Waals surface area contributed by atoms with E-state index >= 15 is 0 Å². The first kappa shape index (κ1) is 19.1. The second kappa shape index (κ2) is 8.25. The zero-order valence-electron chi connectivity index (χ0n) is 13.5. The molecule has 0 aliphatic heterocycles. The molecule has 2 aromatic carbocycles. The molecule has 0 unspecified atom stereocenters. The van der Waals surface area contributed by atoms with Crippen LogP contribution in [0.1, 0.15) is 35.7 Å². The minimum atomic E-state index is -4.57. The predicted octanol–water partition coefficient (Wildman–Crippen LogP) is 5.79. The van der Waals surface area contributed by atoms with Gasteiger partial charge >= 0.3 is 6.18 Å². The number of hydrogen-bond donors (Lipinski definition) is 1. The highest BCUT2D eigenvalue weighted by atomic mass is 35.5. The van der Waals surface area contributed by atoms with Gasteiger partial charge in [0.1, 0.15) is 5.75 Å². The third kappa shape index (κ3) is 5.13. The normalized spacial score (nSPS) is 11.2. The van der Waals surface area contributed by atoms with Crippen molar-refractivity contribution in [2.24, 2.45) is 0 Å². The van der Waals surface area contributed by atoms with Crippen molar-refractivity contribution in [2.45, 2.75) is 25.9 Å². The molecule has 3 nitrogen and oxygen atoms in total. The summed E-state index contributed by atoms with van der Waals surface area (Å²) in [7, 11) is 0. The van der Waals surface area contributed by atoms with Crippen LogP contribution in [0.2, 0.25) is 5.02 Å². The molecule has 0 aliphatic rings. The van der Waals surface area contributed by atoms with Crippen LogP contribution in [0.15, 0.2) is 42.5 Å². The quantitative estimate of drug-likeness (QED) is 0.652. The molecule has 0 bridgehead atoms. The molecular formula is C18H17ClF3NO2. The van der Waals surface area contributed by atoms with Crippen LogP contribution in [0.3, 0.4) is 0 Å². The summed E-state index contributed by atoms with van der Waals surface area (Å²) in [5, 5.41) is 2.58. The van der Waals surface area contributed by atoms with Gasteiger partial charge in [-0.05, 0) is 36.8 Å². The number of rotatable bonds is 6. The number of alkyl halides is 3. The van der Waals surface area contributed by atoms with E-state index < -0.39 is 17.6 Å². The zero-order valence-corrected chi connectivity index (χ0v) is 14.2. The maximum absolute atomic E-state index is 13.1. The van der Waals surface area contributed by atoms with Gasteiger partial charge < -0.3 is 10.1 Å². The lowest BCUT2D eigenvalue weighted by Crippen LogP contribution is -2.17. The number of amides is 1. The molecule has 2 rings (SSSR count). The molecular weight excluding hydrogens is 355 g/mol. The average Bonchev–Trinajstić information content (AvgIpc) is 2.56. The summed E-state index contributed by atoms with van der Waals surface area (Å²) in [6, 6.07) is 9.24.